The van der Waals surface area contributed by atoms with E-state index in [4.69, 9.17) is 4.52 Å². The van der Waals surface area contributed by atoms with Crippen LogP contribution in [0.3, 0.4) is 0 Å². The number of carbonyl (C=O) groups is 1. The molecular weight excluding hydrogens is 349 g/mol. The molecule has 136 valence electrons. The Hall–Kier alpha value is -3.68. The highest BCUT2D eigenvalue weighted by Crippen LogP contribution is 2.20. The van der Waals surface area contributed by atoms with Gasteiger partial charge in [0.1, 0.15) is 22.8 Å². The second-order valence-electron chi connectivity index (χ2n) is 5.97. The Morgan fingerprint density at radius 1 is 1.22 bits per heavy atom. The molecule has 7 nitrogen and oxygen atoms in total. The number of aromatic nitrogens is 4. The van der Waals surface area contributed by atoms with Crippen molar-refractivity contribution in [2.24, 2.45) is 0 Å². The molecule has 4 aromatic rings. The first kappa shape index (κ1) is 16.8. The maximum atomic E-state index is 13.3. The third-order valence-corrected chi connectivity index (χ3v) is 4.02. The molecular formula is C19H16FN5O2. The minimum absolute atomic E-state index is 0.239. The number of aryl methyl sites for hydroxylation is 1. The van der Waals surface area contributed by atoms with Crippen LogP contribution in [0.25, 0.3) is 11.5 Å². The number of hydrogen-bond acceptors (Lipinski definition) is 4. The summed E-state index contributed by atoms with van der Waals surface area (Å²) in [6.07, 6.45) is 5.12. The maximum absolute atomic E-state index is 13.3. The molecule has 1 amide bonds. The van der Waals surface area contributed by atoms with Crippen molar-refractivity contribution < 1.29 is 13.7 Å². The van der Waals surface area contributed by atoms with Crippen LogP contribution in [-0.2, 0) is 6.54 Å². The Balaban J connectivity index is 1.68. The number of nitrogens with one attached hydrogen (secondary N) is 1. The van der Waals surface area contributed by atoms with E-state index in [9.17, 15) is 9.18 Å². The van der Waals surface area contributed by atoms with E-state index in [1.807, 2.05) is 24.5 Å². The van der Waals surface area contributed by atoms with Gasteiger partial charge in [-0.3, -0.25) is 4.79 Å². The molecule has 0 radical (unpaired) electrons. The molecule has 0 bridgehead atoms. The van der Waals surface area contributed by atoms with Gasteiger partial charge in [0.05, 0.1) is 18.4 Å². The summed E-state index contributed by atoms with van der Waals surface area (Å²) in [7, 11) is 0. The average Bonchev–Trinajstić information content (AvgIpc) is 3.40. The van der Waals surface area contributed by atoms with E-state index in [1.54, 1.807) is 34.4 Å². The molecule has 8 heteroatoms. The first-order valence-electron chi connectivity index (χ1n) is 8.29. The molecule has 0 aliphatic carbocycles. The Labute approximate surface area is 154 Å². The Morgan fingerprint density at radius 3 is 2.63 bits per heavy atom. The third-order valence-electron chi connectivity index (χ3n) is 4.02. The molecule has 27 heavy (non-hydrogen) atoms. The van der Waals surface area contributed by atoms with E-state index in [1.165, 1.54) is 18.3 Å². The summed E-state index contributed by atoms with van der Waals surface area (Å²) in [5.74, 6) is 0.596. The van der Waals surface area contributed by atoms with Crippen LogP contribution in [0.1, 0.15) is 21.8 Å². The van der Waals surface area contributed by atoms with Crippen molar-refractivity contribution in [2.45, 2.75) is 13.5 Å². The fraction of sp³-hybridized carbons (Fsp3) is 0.105. The minimum atomic E-state index is -0.339. The molecule has 3 heterocycles. The number of halogens is 1. The van der Waals surface area contributed by atoms with Crippen LogP contribution in [0.4, 0.5) is 4.39 Å². The second kappa shape index (κ2) is 6.91. The van der Waals surface area contributed by atoms with E-state index >= 15 is 0 Å². The zero-order chi connectivity index (χ0) is 18.8. The van der Waals surface area contributed by atoms with E-state index < -0.39 is 0 Å². The van der Waals surface area contributed by atoms with E-state index in [2.05, 4.69) is 15.6 Å². The Kier molecular flexibility index (Phi) is 4.29. The molecule has 0 unspecified atom stereocenters. The molecule has 0 fully saturated rings. The number of nitrogens with zero attached hydrogens (tertiary/aromatic N) is 4. The van der Waals surface area contributed by atoms with Crippen LogP contribution >= 0.6 is 0 Å². The van der Waals surface area contributed by atoms with Gasteiger partial charge in [0.25, 0.3) is 5.91 Å². The highest BCUT2D eigenvalue weighted by Gasteiger charge is 2.20. The molecule has 3 aromatic heterocycles. The van der Waals surface area contributed by atoms with Crippen molar-refractivity contribution in [2.75, 3.05) is 0 Å². The van der Waals surface area contributed by atoms with Gasteiger partial charge in [-0.05, 0) is 43.3 Å². The van der Waals surface area contributed by atoms with Crippen LogP contribution in [-0.4, -0.2) is 25.4 Å². The number of carbonyl (C=O) groups excluding carboxylic acids is 1. The standard InChI is InChI=1S/C19H16FN5O2/c1-13-10-15(23-27-13)11-21-18(26)17-12-22-25(16-6-4-14(20)5-7-16)19(17)24-8-2-3-9-24/h2-10,12H,11H2,1H3,(H,21,26). The molecule has 0 aliphatic rings. The summed E-state index contributed by atoms with van der Waals surface area (Å²) in [5, 5.41) is 11.0. The van der Waals surface area contributed by atoms with Gasteiger partial charge in [-0.25, -0.2) is 9.07 Å². The van der Waals surface area contributed by atoms with E-state index in [-0.39, 0.29) is 18.3 Å². The lowest BCUT2D eigenvalue weighted by molar-refractivity contribution is 0.0950. The van der Waals surface area contributed by atoms with Crippen LogP contribution in [0.15, 0.2) is 65.6 Å². The zero-order valence-electron chi connectivity index (χ0n) is 14.5. The van der Waals surface area contributed by atoms with Crippen molar-refractivity contribution in [1.82, 2.24) is 24.8 Å². The lowest BCUT2D eigenvalue weighted by Gasteiger charge is -2.11. The summed E-state index contributed by atoms with van der Waals surface area (Å²) < 4.78 is 21.6. The van der Waals surface area contributed by atoms with Crippen LogP contribution in [0.5, 0.6) is 0 Å². The first-order valence-corrected chi connectivity index (χ1v) is 8.29. The van der Waals surface area contributed by atoms with Gasteiger partial charge < -0.3 is 14.4 Å². The summed E-state index contributed by atoms with van der Waals surface area (Å²) >= 11 is 0. The molecule has 0 aliphatic heterocycles. The van der Waals surface area contributed by atoms with Crippen molar-refractivity contribution in [3.63, 3.8) is 0 Å². The summed E-state index contributed by atoms with van der Waals surface area (Å²) in [6, 6.07) is 11.4. The van der Waals surface area contributed by atoms with Crippen molar-refractivity contribution in [3.05, 3.63) is 83.9 Å². The molecule has 0 saturated carbocycles. The zero-order valence-corrected chi connectivity index (χ0v) is 14.5. The predicted octanol–water partition coefficient (Wildman–Crippen LogP) is 3.03. The van der Waals surface area contributed by atoms with Crippen molar-refractivity contribution >= 4 is 5.91 Å². The van der Waals surface area contributed by atoms with Gasteiger partial charge in [0, 0.05) is 18.5 Å². The van der Waals surface area contributed by atoms with E-state index in [0.29, 0.717) is 28.5 Å². The molecule has 4 rings (SSSR count). The number of amides is 1. The van der Waals surface area contributed by atoms with Crippen molar-refractivity contribution in [3.8, 4) is 11.5 Å². The van der Waals surface area contributed by atoms with Gasteiger partial charge in [0.2, 0.25) is 0 Å². The fourth-order valence-electron chi connectivity index (χ4n) is 2.76. The SMILES string of the molecule is Cc1cc(CNC(=O)c2cnn(-c3ccc(F)cc3)c2-n2cccc2)no1. The Bertz CT molecular complexity index is 1060. The van der Waals surface area contributed by atoms with Crippen LogP contribution in [0.2, 0.25) is 0 Å². The monoisotopic (exact) mass is 365 g/mol. The lowest BCUT2D eigenvalue weighted by atomic mass is 10.2. The quantitative estimate of drug-likeness (QED) is 0.590. The minimum Gasteiger partial charge on any atom is -0.361 e. The predicted molar refractivity (Wildman–Crippen MR) is 95.3 cm³/mol. The lowest BCUT2D eigenvalue weighted by Crippen LogP contribution is -2.24. The molecule has 0 spiro atoms. The fourth-order valence-corrected chi connectivity index (χ4v) is 2.76. The van der Waals surface area contributed by atoms with Gasteiger partial charge in [-0.1, -0.05) is 5.16 Å². The normalized spacial score (nSPS) is 10.9. The van der Waals surface area contributed by atoms with Gasteiger partial charge in [-0.15, -0.1) is 0 Å². The Morgan fingerprint density at radius 2 is 1.96 bits per heavy atom. The molecule has 0 saturated heterocycles. The molecule has 0 atom stereocenters. The third kappa shape index (κ3) is 3.37. The molecule has 1 N–H and O–H groups in total. The van der Waals surface area contributed by atoms with Crippen molar-refractivity contribution in [1.29, 1.82) is 0 Å². The van der Waals surface area contributed by atoms with Gasteiger partial charge in [-0.2, -0.15) is 5.10 Å². The highest BCUT2D eigenvalue weighted by atomic mass is 19.1. The summed E-state index contributed by atoms with van der Waals surface area (Å²) in [4.78, 5) is 12.7. The second-order valence-corrected chi connectivity index (χ2v) is 5.97. The average molecular weight is 365 g/mol. The van der Waals surface area contributed by atoms with Crippen LogP contribution in [0, 0.1) is 12.7 Å². The summed E-state index contributed by atoms with van der Waals surface area (Å²) in [5.41, 5.74) is 1.66. The van der Waals surface area contributed by atoms with Gasteiger partial charge in [0.15, 0.2) is 5.82 Å². The number of hydrogen-bond donors (Lipinski definition) is 1. The largest absolute Gasteiger partial charge is 0.361 e. The summed E-state index contributed by atoms with van der Waals surface area (Å²) in [6.45, 7) is 2.03. The highest BCUT2D eigenvalue weighted by molar-refractivity contribution is 5.97. The van der Waals surface area contributed by atoms with Crippen LogP contribution < -0.4 is 5.32 Å². The van der Waals surface area contributed by atoms with E-state index in [0.717, 1.165) is 0 Å². The number of benzene rings is 1. The number of rotatable bonds is 5. The molecule has 1 aromatic carbocycles. The smallest absolute Gasteiger partial charge is 0.257 e. The maximum Gasteiger partial charge on any atom is 0.257 e. The first-order chi connectivity index (χ1) is 13.1. The topological polar surface area (TPSA) is 77.9 Å². The van der Waals surface area contributed by atoms with Gasteiger partial charge >= 0.3 is 0 Å².